The standard InChI is InChI=1S/C21H25FN4O/c1-25(2)14-15-10-12-26(13-11-15)17-8-6-16(7-9-17)23-21-24-20-18(22)4-3-5-19(20)27-21/h3-9,15H,10-14H2,1-2H3,(H,23,24). The van der Waals surface area contributed by atoms with Crippen LogP contribution in [0, 0.1) is 11.7 Å². The molecule has 0 amide bonds. The van der Waals surface area contributed by atoms with Crippen molar-refractivity contribution in [3.05, 3.63) is 48.3 Å². The second kappa shape index (κ2) is 7.56. The molecule has 3 aromatic rings. The smallest absolute Gasteiger partial charge is 0.300 e. The minimum absolute atomic E-state index is 0.247. The Morgan fingerprint density at radius 2 is 1.89 bits per heavy atom. The first-order chi connectivity index (χ1) is 13.1. The Bertz CT molecular complexity index is 898. The van der Waals surface area contributed by atoms with E-state index >= 15 is 0 Å². The van der Waals surface area contributed by atoms with Gasteiger partial charge in [0.05, 0.1) is 0 Å². The van der Waals surface area contributed by atoms with Crippen LogP contribution in [0.2, 0.25) is 0 Å². The Labute approximate surface area is 158 Å². The number of hydrogen-bond donors (Lipinski definition) is 1. The fraction of sp³-hybridized carbons (Fsp3) is 0.381. The maximum atomic E-state index is 13.7. The van der Waals surface area contributed by atoms with Crippen LogP contribution in [-0.4, -0.2) is 43.6 Å². The lowest BCUT2D eigenvalue weighted by molar-refractivity contribution is 0.285. The Morgan fingerprint density at radius 1 is 1.15 bits per heavy atom. The highest BCUT2D eigenvalue weighted by Gasteiger charge is 2.20. The van der Waals surface area contributed by atoms with Crippen molar-refractivity contribution >= 4 is 28.5 Å². The van der Waals surface area contributed by atoms with Crippen LogP contribution in [0.1, 0.15) is 12.8 Å². The number of nitrogens with one attached hydrogen (secondary N) is 1. The zero-order chi connectivity index (χ0) is 18.8. The monoisotopic (exact) mass is 368 g/mol. The summed E-state index contributed by atoms with van der Waals surface area (Å²) in [5.74, 6) is 0.411. The largest absolute Gasteiger partial charge is 0.423 e. The molecule has 0 radical (unpaired) electrons. The number of benzene rings is 2. The van der Waals surface area contributed by atoms with Crippen molar-refractivity contribution in [3.8, 4) is 0 Å². The molecule has 0 saturated carbocycles. The molecule has 2 aromatic carbocycles. The number of para-hydroxylation sites is 1. The number of hydrogen-bond acceptors (Lipinski definition) is 5. The first kappa shape index (κ1) is 17.8. The fourth-order valence-electron chi connectivity index (χ4n) is 3.74. The molecule has 1 aliphatic rings. The Morgan fingerprint density at radius 3 is 2.56 bits per heavy atom. The van der Waals surface area contributed by atoms with Gasteiger partial charge in [0.25, 0.3) is 6.01 Å². The SMILES string of the molecule is CN(C)CC1CCN(c2ccc(Nc3nc4c(F)cccc4o3)cc2)CC1. The lowest BCUT2D eigenvalue weighted by Gasteiger charge is -2.34. The summed E-state index contributed by atoms with van der Waals surface area (Å²) in [6.45, 7) is 3.35. The van der Waals surface area contributed by atoms with E-state index in [0.717, 1.165) is 24.7 Å². The molecule has 0 aliphatic carbocycles. The van der Waals surface area contributed by atoms with Gasteiger partial charge in [-0.15, -0.1) is 0 Å². The average Bonchev–Trinajstić information content (AvgIpc) is 3.07. The number of nitrogens with zero attached hydrogens (tertiary/aromatic N) is 3. The van der Waals surface area contributed by atoms with Crippen molar-refractivity contribution in [2.45, 2.75) is 12.8 Å². The van der Waals surface area contributed by atoms with Gasteiger partial charge in [0, 0.05) is 31.0 Å². The van der Waals surface area contributed by atoms with Crippen LogP contribution in [0.15, 0.2) is 46.9 Å². The Balaban J connectivity index is 1.39. The second-order valence-electron chi connectivity index (χ2n) is 7.47. The van der Waals surface area contributed by atoms with Gasteiger partial charge in [-0.3, -0.25) is 0 Å². The van der Waals surface area contributed by atoms with E-state index in [-0.39, 0.29) is 11.3 Å². The van der Waals surface area contributed by atoms with Gasteiger partial charge in [-0.05, 0) is 69.3 Å². The number of fused-ring (bicyclic) bond motifs is 1. The molecule has 1 saturated heterocycles. The molecule has 0 spiro atoms. The van der Waals surface area contributed by atoms with Gasteiger partial charge >= 0.3 is 0 Å². The number of piperidine rings is 1. The van der Waals surface area contributed by atoms with Crippen molar-refractivity contribution in [2.24, 2.45) is 5.92 Å². The van der Waals surface area contributed by atoms with E-state index in [4.69, 9.17) is 4.42 Å². The van der Waals surface area contributed by atoms with Crippen molar-refractivity contribution in [3.63, 3.8) is 0 Å². The van der Waals surface area contributed by atoms with Crippen LogP contribution in [0.4, 0.5) is 21.8 Å². The van der Waals surface area contributed by atoms with Gasteiger partial charge in [0.1, 0.15) is 5.52 Å². The molecule has 6 heteroatoms. The highest BCUT2D eigenvalue weighted by Crippen LogP contribution is 2.27. The molecule has 1 aromatic heterocycles. The predicted molar refractivity (Wildman–Crippen MR) is 107 cm³/mol. The van der Waals surface area contributed by atoms with Crippen molar-refractivity contribution < 1.29 is 8.81 Å². The van der Waals surface area contributed by atoms with Crippen molar-refractivity contribution in [1.29, 1.82) is 0 Å². The van der Waals surface area contributed by atoms with Crippen molar-refractivity contribution in [1.82, 2.24) is 9.88 Å². The highest BCUT2D eigenvalue weighted by molar-refractivity contribution is 5.76. The molecule has 4 rings (SSSR count). The highest BCUT2D eigenvalue weighted by atomic mass is 19.1. The summed E-state index contributed by atoms with van der Waals surface area (Å²) < 4.78 is 19.3. The minimum Gasteiger partial charge on any atom is -0.423 e. The maximum Gasteiger partial charge on any atom is 0.300 e. The predicted octanol–water partition coefficient (Wildman–Crippen LogP) is 4.49. The number of oxazole rings is 1. The first-order valence-electron chi connectivity index (χ1n) is 9.40. The van der Waals surface area contributed by atoms with Gasteiger partial charge in [0.15, 0.2) is 11.4 Å². The van der Waals surface area contributed by atoms with Crippen LogP contribution >= 0.6 is 0 Å². The third-order valence-corrected chi connectivity index (χ3v) is 5.09. The van der Waals surface area contributed by atoms with Crippen molar-refractivity contribution in [2.75, 3.05) is 43.9 Å². The third-order valence-electron chi connectivity index (χ3n) is 5.09. The third kappa shape index (κ3) is 4.06. The van der Waals surface area contributed by atoms with Gasteiger partial charge < -0.3 is 19.5 Å². The maximum absolute atomic E-state index is 13.7. The summed E-state index contributed by atoms with van der Waals surface area (Å²) in [6, 6.07) is 13.2. The van der Waals surface area contributed by atoms with E-state index in [1.807, 2.05) is 12.1 Å². The Kier molecular flexibility index (Phi) is 4.99. The van der Waals surface area contributed by atoms with Gasteiger partial charge in [-0.2, -0.15) is 4.98 Å². The van der Waals surface area contributed by atoms with Crippen LogP contribution in [0.5, 0.6) is 0 Å². The number of aromatic nitrogens is 1. The molecular weight excluding hydrogens is 343 g/mol. The zero-order valence-corrected chi connectivity index (χ0v) is 15.8. The molecule has 5 nitrogen and oxygen atoms in total. The molecule has 142 valence electrons. The summed E-state index contributed by atoms with van der Waals surface area (Å²) in [4.78, 5) is 8.90. The van der Waals surface area contributed by atoms with E-state index in [1.165, 1.54) is 31.1 Å². The summed E-state index contributed by atoms with van der Waals surface area (Å²) in [5.41, 5.74) is 2.78. The molecule has 1 aliphatic heterocycles. The lowest BCUT2D eigenvalue weighted by Crippen LogP contribution is -2.37. The van der Waals surface area contributed by atoms with Crippen LogP contribution in [0.25, 0.3) is 11.1 Å². The van der Waals surface area contributed by atoms with Gasteiger partial charge in [0.2, 0.25) is 0 Å². The molecular formula is C21H25FN4O. The molecule has 0 bridgehead atoms. The van der Waals surface area contributed by atoms with Gasteiger partial charge in [-0.1, -0.05) is 6.07 Å². The molecule has 0 unspecified atom stereocenters. The Hall–Kier alpha value is -2.60. The van der Waals surface area contributed by atoms with Gasteiger partial charge in [-0.25, -0.2) is 4.39 Å². The number of halogens is 1. The first-order valence-corrected chi connectivity index (χ1v) is 9.40. The molecule has 1 fully saturated rings. The quantitative estimate of drug-likeness (QED) is 0.719. The van der Waals surface area contributed by atoms with Crippen LogP contribution < -0.4 is 10.2 Å². The van der Waals surface area contributed by atoms with Crippen LogP contribution in [0.3, 0.4) is 0 Å². The minimum atomic E-state index is -0.377. The summed E-state index contributed by atoms with van der Waals surface area (Å²) in [7, 11) is 4.28. The lowest BCUT2D eigenvalue weighted by atomic mass is 9.96. The number of rotatable bonds is 5. The summed E-state index contributed by atoms with van der Waals surface area (Å²) >= 11 is 0. The number of anilines is 3. The van der Waals surface area contributed by atoms with E-state index in [2.05, 4.69) is 46.3 Å². The summed E-state index contributed by atoms with van der Waals surface area (Å²) in [5, 5.41) is 3.11. The van der Waals surface area contributed by atoms with Crippen LogP contribution in [-0.2, 0) is 0 Å². The molecule has 2 heterocycles. The van der Waals surface area contributed by atoms with E-state index in [1.54, 1.807) is 12.1 Å². The zero-order valence-electron chi connectivity index (χ0n) is 15.8. The molecule has 27 heavy (non-hydrogen) atoms. The molecule has 0 atom stereocenters. The van der Waals surface area contributed by atoms with E-state index in [9.17, 15) is 4.39 Å². The average molecular weight is 368 g/mol. The fourth-order valence-corrected chi connectivity index (χ4v) is 3.74. The second-order valence-corrected chi connectivity index (χ2v) is 7.47. The normalized spacial score (nSPS) is 15.6. The molecule has 1 N–H and O–H groups in total. The van der Waals surface area contributed by atoms with E-state index < -0.39 is 0 Å². The van der Waals surface area contributed by atoms with E-state index in [0.29, 0.717) is 11.6 Å². The topological polar surface area (TPSA) is 44.5 Å². The summed E-state index contributed by atoms with van der Waals surface area (Å²) in [6.07, 6.45) is 2.46.